The molecule has 1 aromatic carbocycles. The van der Waals surface area contributed by atoms with Crippen LogP contribution in [0.2, 0.25) is 5.02 Å². The number of amides is 2. The van der Waals surface area contributed by atoms with E-state index in [-0.39, 0.29) is 35.8 Å². The van der Waals surface area contributed by atoms with Crippen molar-refractivity contribution in [3.63, 3.8) is 0 Å². The molecule has 0 radical (unpaired) electrons. The van der Waals surface area contributed by atoms with Gasteiger partial charge in [0.05, 0.1) is 23.3 Å². The molecule has 0 spiro atoms. The first kappa shape index (κ1) is 18.0. The highest BCUT2D eigenvalue weighted by atomic mass is 35.5. The summed E-state index contributed by atoms with van der Waals surface area (Å²) >= 11 is 5.60. The van der Waals surface area contributed by atoms with E-state index in [9.17, 15) is 14.3 Å². The van der Waals surface area contributed by atoms with E-state index in [0.717, 1.165) is 18.9 Å². The first-order valence-electron chi connectivity index (χ1n) is 7.68. The molecule has 1 heterocycles. The van der Waals surface area contributed by atoms with Gasteiger partial charge in [-0.15, -0.1) is 0 Å². The summed E-state index contributed by atoms with van der Waals surface area (Å²) in [5.41, 5.74) is 0.362. The molecule has 5 nitrogen and oxygen atoms in total. The Morgan fingerprint density at radius 2 is 2.09 bits per heavy atom. The van der Waals surface area contributed by atoms with Crippen LogP contribution < -0.4 is 10.6 Å². The van der Waals surface area contributed by atoms with E-state index in [1.807, 2.05) is 13.8 Å². The molecule has 1 aromatic rings. The number of ether oxygens (including phenoxy) is 1. The number of carbonyl (C=O) groups excluding carboxylic acids is 1. The fraction of sp³-hybridized carbons (Fsp3) is 0.562. The molecule has 1 aliphatic heterocycles. The highest BCUT2D eigenvalue weighted by Gasteiger charge is 2.25. The van der Waals surface area contributed by atoms with Crippen LogP contribution in [0.5, 0.6) is 0 Å². The van der Waals surface area contributed by atoms with Gasteiger partial charge >= 0.3 is 6.03 Å². The fourth-order valence-corrected chi connectivity index (χ4v) is 2.90. The molecule has 3 atom stereocenters. The Hall–Kier alpha value is -1.37. The second-order valence-corrected chi connectivity index (χ2v) is 6.38. The van der Waals surface area contributed by atoms with E-state index in [1.165, 1.54) is 12.1 Å². The minimum Gasteiger partial charge on any atom is -0.387 e. The number of hydrogen-bond donors (Lipinski definition) is 3. The van der Waals surface area contributed by atoms with Gasteiger partial charge in [-0.25, -0.2) is 9.18 Å². The minimum absolute atomic E-state index is 0.00518. The predicted octanol–water partition coefficient (Wildman–Crippen LogP) is 2.77. The average molecular weight is 345 g/mol. The Morgan fingerprint density at radius 1 is 1.43 bits per heavy atom. The van der Waals surface area contributed by atoms with Crippen molar-refractivity contribution in [1.29, 1.82) is 0 Å². The van der Waals surface area contributed by atoms with Gasteiger partial charge in [0.15, 0.2) is 0 Å². The van der Waals surface area contributed by atoms with E-state index in [0.29, 0.717) is 5.56 Å². The lowest BCUT2D eigenvalue weighted by atomic mass is 10.0. The Kier molecular flexibility index (Phi) is 6.21. The van der Waals surface area contributed by atoms with Crippen molar-refractivity contribution in [2.75, 3.05) is 6.54 Å². The molecule has 0 bridgehead atoms. The number of rotatable bonds is 4. The normalized spacial score (nSPS) is 25.7. The SMILES string of the molecule is CC1CC(NC(=O)NCC(O)c2ccc(Cl)c(F)c2)CC(C)O1. The number of hydrogen-bond acceptors (Lipinski definition) is 3. The zero-order chi connectivity index (χ0) is 17.0. The molecule has 0 saturated carbocycles. The monoisotopic (exact) mass is 344 g/mol. The summed E-state index contributed by atoms with van der Waals surface area (Å²) in [5, 5.41) is 15.5. The van der Waals surface area contributed by atoms with Crippen molar-refractivity contribution in [1.82, 2.24) is 10.6 Å². The Labute approximate surface area is 140 Å². The van der Waals surface area contributed by atoms with Crippen LogP contribution in [-0.4, -0.2) is 35.9 Å². The lowest BCUT2D eigenvalue weighted by Crippen LogP contribution is -2.48. The number of nitrogens with one attached hydrogen (secondary N) is 2. The smallest absolute Gasteiger partial charge is 0.315 e. The lowest BCUT2D eigenvalue weighted by Gasteiger charge is -2.32. The number of carbonyl (C=O) groups is 1. The van der Waals surface area contributed by atoms with Crippen molar-refractivity contribution >= 4 is 17.6 Å². The van der Waals surface area contributed by atoms with Crippen LogP contribution in [0.1, 0.15) is 38.4 Å². The third kappa shape index (κ3) is 5.34. The maximum absolute atomic E-state index is 13.4. The highest BCUT2D eigenvalue weighted by molar-refractivity contribution is 6.30. The van der Waals surface area contributed by atoms with Crippen LogP contribution in [0.4, 0.5) is 9.18 Å². The summed E-state index contributed by atoms with van der Waals surface area (Å²) in [7, 11) is 0. The van der Waals surface area contributed by atoms with Gasteiger partial charge in [0.1, 0.15) is 5.82 Å². The fourth-order valence-electron chi connectivity index (χ4n) is 2.79. The first-order valence-corrected chi connectivity index (χ1v) is 8.05. The van der Waals surface area contributed by atoms with Gasteiger partial charge in [-0.1, -0.05) is 17.7 Å². The lowest BCUT2D eigenvalue weighted by molar-refractivity contribution is -0.0402. The molecule has 1 fully saturated rings. The van der Waals surface area contributed by atoms with Gasteiger partial charge in [0.25, 0.3) is 0 Å². The van der Waals surface area contributed by atoms with E-state index in [2.05, 4.69) is 10.6 Å². The molecular formula is C16H22ClFN2O3. The van der Waals surface area contributed by atoms with E-state index < -0.39 is 11.9 Å². The molecule has 1 aliphatic rings. The zero-order valence-corrected chi connectivity index (χ0v) is 13.9. The molecule has 3 unspecified atom stereocenters. The van der Waals surface area contributed by atoms with Crippen LogP contribution in [0.3, 0.4) is 0 Å². The summed E-state index contributed by atoms with van der Waals surface area (Å²) in [4.78, 5) is 11.9. The molecule has 0 aliphatic carbocycles. The van der Waals surface area contributed by atoms with Gasteiger partial charge in [-0.2, -0.15) is 0 Å². The maximum Gasteiger partial charge on any atom is 0.315 e. The third-order valence-electron chi connectivity index (χ3n) is 3.82. The number of benzene rings is 1. The van der Waals surface area contributed by atoms with E-state index in [1.54, 1.807) is 0 Å². The van der Waals surface area contributed by atoms with Crippen molar-refractivity contribution in [2.24, 2.45) is 0 Å². The van der Waals surface area contributed by atoms with Crippen LogP contribution in [0.15, 0.2) is 18.2 Å². The van der Waals surface area contributed by atoms with Crippen molar-refractivity contribution in [3.05, 3.63) is 34.6 Å². The molecule has 128 valence electrons. The molecule has 2 amide bonds. The van der Waals surface area contributed by atoms with Crippen molar-refractivity contribution in [3.8, 4) is 0 Å². The van der Waals surface area contributed by atoms with Crippen LogP contribution in [-0.2, 0) is 4.74 Å². The molecule has 23 heavy (non-hydrogen) atoms. The second-order valence-electron chi connectivity index (χ2n) is 5.97. The number of halogens is 2. The molecule has 3 N–H and O–H groups in total. The largest absolute Gasteiger partial charge is 0.387 e. The van der Waals surface area contributed by atoms with E-state index in [4.69, 9.17) is 16.3 Å². The van der Waals surface area contributed by atoms with Crippen LogP contribution in [0.25, 0.3) is 0 Å². The summed E-state index contributed by atoms with van der Waals surface area (Å²) < 4.78 is 19.0. The summed E-state index contributed by atoms with van der Waals surface area (Å²) in [6.07, 6.45) is 0.712. The van der Waals surface area contributed by atoms with Gasteiger partial charge in [0.2, 0.25) is 0 Å². The highest BCUT2D eigenvalue weighted by Crippen LogP contribution is 2.20. The van der Waals surface area contributed by atoms with Crippen molar-refractivity contribution in [2.45, 2.75) is 51.0 Å². The summed E-state index contributed by atoms with van der Waals surface area (Å²) in [6, 6.07) is 3.75. The van der Waals surface area contributed by atoms with Gasteiger partial charge in [0, 0.05) is 12.6 Å². The van der Waals surface area contributed by atoms with Gasteiger partial charge in [-0.3, -0.25) is 0 Å². The van der Waals surface area contributed by atoms with Gasteiger partial charge < -0.3 is 20.5 Å². The molecule has 1 saturated heterocycles. The summed E-state index contributed by atoms with van der Waals surface area (Å²) in [6.45, 7) is 3.93. The predicted molar refractivity (Wildman–Crippen MR) is 85.9 cm³/mol. The standard InChI is InChI=1S/C16H22ClFN2O3/c1-9-5-12(6-10(2)23-9)20-16(22)19-8-15(21)11-3-4-13(17)14(18)7-11/h3-4,7,9-10,12,15,21H,5-6,8H2,1-2H3,(H2,19,20,22). The number of urea groups is 1. The van der Waals surface area contributed by atoms with Gasteiger partial charge in [-0.05, 0) is 44.4 Å². The topological polar surface area (TPSA) is 70.6 Å². The number of aliphatic hydroxyl groups excluding tert-OH is 1. The van der Waals surface area contributed by atoms with E-state index >= 15 is 0 Å². The first-order chi connectivity index (χ1) is 10.8. The van der Waals surface area contributed by atoms with Crippen LogP contribution in [0, 0.1) is 5.82 Å². The van der Waals surface area contributed by atoms with Crippen molar-refractivity contribution < 1.29 is 19.0 Å². The second kappa shape index (κ2) is 7.95. The van der Waals surface area contributed by atoms with Crippen LogP contribution >= 0.6 is 11.6 Å². The molecule has 0 aromatic heterocycles. The Morgan fingerprint density at radius 3 is 2.70 bits per heavy atom. The molecule has 7 heteroatoms. The summed E-state index contributed by atoms with van der Waals surface area (Å²) in [5.74, 6) is -0.599. The average Bonchev–Trinajstić information content (AvgIpc) is 2.46. The third-order valence-corrected chi connectivity index (χ3v) is 4.12. The number of aliphatic hydroxyl groups is 1. The Balaban J connectivity index is 1.80. The minimum atomic E-state index is -1.000. The molecular weight excluding hydrogens is 323 g/mol. The Bertz CT molecular complexity index is 548. The zero-order valence-electron chi connectivity index (χ0n) is 13.2. The maximum atomic E-state index is 13.4. The quantitative estimate of drug-likeness (QED) is 0.786. The molecule has 2 rings (SSSR count).